The number of para-hydroxylation sites is 1. The van der Waals surface area contributed by atoms with E-state index in [9.17, 15) is 4.79 Å². The first kappa shape index (κ1) is 16.4. The first-order valence-corrected chi connectivity index (χ1v) is 9.81. The number of nitrogens with zero attached hydrogens (tertiary/aromatic N) is 1. The van der Waals surface area contributed by atoms with Crippen LogP contribution in [-0.2, 0) is 11.2 Å². The third kappa shape index (κ3) is 2.70. The number of H-pyrrole nitrogens is 1. The summed E-state index contributed by atoms with van der Waals surface area (Å²) in [6, 6.07) is 8.78. The minimum Gasteiger partial charge on any atom is -0.356 e. The summed E-state index contributed by atoms with van der Waals surface area (Å²) in [5, 5.41) is 1.34. The number of aromatic nitrogens is 1. The number of piperidine rings is 1. The summed E-state index contributed by atoms with van der Waals surface area (Å²) in [5.74, 6) is 0.673. The van der Waals surface area contributed by atoms with Gasteiger partial charge in [0, 0.05) is 28.7 Å². The Morgan fingerprint density at radius 3 is 2.92 bits per heavy atom. The van der Waals surface area contributed by atoms with Crippen LogP contribution in [0.2, 0.25) is 0 Å². The zero-order chi connectivity index (χ0) is 17.4. The summed E-state index contributed by atoms with van der Waals surface area (Å²) in [4.78, 5) is 18.9. The van der Waals surface area contributed by atoms with Gasteiger partial charge >= 0.3 is 0 Å². The van der Waals surface area contributed by atoms with E-state index in [1.54, 1.807) is 0 Å². The molecule has 3 nitrogen and oxygen atoms in total. The van der Waals surface area contributed by atoms with Gasteiger partial charge in [-0.15, -0.1) is 0 Å². The molecule has 3 heteroatoms. The fraction of sp³-hybridized carbons (Fsp3) is 0.500. The van der Waals surface area contributed by atoms with E-state index < -0.39 is 0 Å². The quantitative estimate of drug-likeness (QED) is 0.609. The molecular formula is C22H28N2O. The van der Waals surface area contributed by atoms with Crippen LogP contribution in [-0.4, -0.2) is 22.3 Å². The van der Waals surface area contributed by atoms with Crippen LogP contribution in [0.3, 0.4) is 0 Å². The third-order valence-corrected chi connectivity index (χ3v) is 6.08. The van der Waals surface area contributed by atoms with Crippen molar-refractivity contribution >= 4 is 16.8 Å². The molecule has 1 fully saturated rings. The molecule has 2 atom stereocenters. The smallest absolute Gasteiger partial charge is 0.250 e. The number of fused-ring (bicyclic) bond motifs is 5. The average molecular weight is 336 g/mol. The van der Waals surface area contributed by atoms with Gasteiger partial charge in [0.2, 0.25) is 5.91 Å². The van der Waals surface area contributed by atoms with Gasteiger partial charge < -0.3 is 9.88 Å². The Bertz CT molecular complexity index is 817. The molecule has 1 aromatic heterocycles. The Hall–Kier alpha value is -2.03. The van der Waals surface area contributed by atoms with E-state index in [1.165, 1.54) is 41.4 Å². The van der Waals surface area contributed by atoms with Gasteiger partial charge in [-0.05, 0) is 43.7 Å². The molecule has 1 amide bonds. The van der Waals surface area contributed by atoms with Crippen LogP contribution in [0.5, 0.6) is 0 Å². The Balaban J connectivity index is 1.69. The molecule has 1 saturated heterocycles. The number of unbranched alkanes of at least 4 members (excludes halogenated alkanes) is 2. The number of allylic oxidation sites excluding steroid dienone is 1. The van der Waals surface area contributed by atoms with Gasteiger partial charge in [0.05, 0.1) is 6.04 Å². The van der Waals surface area contributed by atoms with Crippen LogP contribution >= 0.6 is 0 Å². The minimum absolute atomic E-state index is 0.221. The van der Waals surface area contributed by atoms with Crippen molar-refractivity contribution in [1.82, 2.24) is 9.88 Å². The number of rotatable bonds is 4. The van der Waals surface area contributed by atoms with Gasteiger partial charge in [-0.3, -0.25) is 4.79 Å². The monoisotopic (exact) mass is 336 g/mol. The summed E-state index contributed by atoms with van der Waals surface area (Å²) >= 11 is 0. The maximum Gasteiger partial charge on any atom is 0.250 e. The molecule has 1 aromatic carbocycles. The molecule has 25 heavy (non-hydrogen) atoms. The van der Waals surface area contributed by atoms with Gasteiger partial charge in [0.25, 0.3) is 0 Å². The predicted octanol–water partition coefficient (Wildman–Crippen LogP) is 5.14. The van der Waals surface area contributed by atoms with Gasteiger partial charge in [0.1, 0.15) is 0 Å². The molecule has 0 spiro atoms. The number of amides is 1. The van der Waals surface area contributed by atoms with Crippen molar-refractivity contribution in [2.24, 2.45) is 5.92 Å². The van der Waals surface area contributed by atoms with Gasteiger partial charge in [0.15, 0.2) is 0 Å². The highest BCUT2D eigenvalue weighted by atomic mass is 16.2. The zero-order valence-electron chi connectivity index (χ0n) is 15.3. The fourth-order valence-corrected chi connectivity index (χ4v) is 4.82. The molecule has 1 N–H and O–H groups in total. The molecule has 0 aliphatic carbocycles. The number of benzene rings is 1. The molecule has 2 aliphatic heterocycles. The van der Waals surface area contributed by atoms with E-state index in [2.05, 4.69) is 47.1 Å². The number of nitrogens with one attached hydrogen (secondary N) is 1. The Kier molecular flexibility index (Phi) is 4.41. The highest BCUT2D eigenvalue weighted by Crippen LogP contribution is 2.44. The second-order valence-electron chi connectivity index (χ2n) is 7.50. The zero-order valence-corrected chi connectivity index (χ0v) is 15.3. The third-order valence-electron chi connectivity index (χ3n) is 6.08. The molecule has 2 aromatic rings. The predicted molar refractivity (Wildman–Crippen MR) is 102 cm³/mol. The summed E-state index contributed by atoms with van der Waals surface area (Å²) in [7, 11) is 0. The van der Waals surface area contributed by atoms with E-state index in [-0.39, 0.29) is 11.9 Å². The number of hydrogen-bond acceptors (Lipinski definition) is 1. The van der Waals surface area contributed by atoms with E-state index in [0.717, 1.165) is 31.4 Å². The highest BCUT2D eigenvalue weighted by molar-refractivity contribution is 5.96. The van der Waals surface area contributed by atoms with Crippen LogP contribution in [0.15, 0.2) is 35.9 Å². The van der Waals surface area contributed by atoms with Gasteiger partial charge in [-0.2, -0.15) is 0 Å². The Labute approximate surface area is 150 Å². The summed E-state index contributed by atoms with van der Waals surface area (Å²) < 4.78 is 0. The average Bonchev–Trinajstić information content (AvgIpc) is 3.01. The lowest BCUT2D eigenvalue weighted by molar-refractivity contribution is -0.133. The molecule has 0 bridgehead atoms. The minimum atomic E-state index is 0.221. The summed E-state index contributed by atoms with van der Waals surface area (Å²) in [6.45, 7) is 5.11. The van der Waals surface area contributed by atoms with Crippen LogP contribution in [0.1, 0.15) is 63.3 Å². The van der Waals surface area contributed by atoms with Crippen molar-refractivity contribution in [2.45, 2.75) is 58.4 Å². The normalized spacial score (nSPS) is 24.6. The summed E-state index contributed by atoms with van der Waals surface area (Å²) in [6.07, 6.45) is 8.93. The van der Waals surface area contributed by atoms with Crippen molar-refractivity contribution in [3.8, 4) is 0 Å². The second-order valence-corrected chi connectivity index (χ2v) is 7.50. The maximum absolute atomic E-state index is 13.1. The SMILES string of the molecule is C/C=C1/C(=O)N2CCc3c([nH]c4ccccc34)[C@@H]2C[C@H]1CCCCC. The Morgan fingerprint density at radius 2 is 2.12 bits per heavy atom. The topological polar surface area (TPSA) is 36.1 Å². The number of hydrogen-bond donors (Lipinski definition) is 1. The number of carbonyl (C=O) groups excluding carboxylic acids is 1. The lowest BCUT2D eigenvalue weighted by Crippen LogP contribution is -2.46. The molecule has 0 saturated carbocycles. The first-order chi connectivity index (χ1) is 12.2. The van der Waals surface area contributed by atoms with Crippen molar-refractivity contribution in [3.63, 3.8) is 0 Å². The lowest BCUT2D eigenvalue weighted by Gasteiger charge is -2.43. The lowest BCUT2D eigenvalue weighted by atomic mass is 9.79. The van der Waals surface area contributed by atoms with Crippen molar-refractivity contribution in [2.75, 3.05) is 6.54 Å². The number of carbonyl (C=O) groups is 1. The van der Waals surface area contributed by atoms with Crippen molar-refractivity contribution in [1.29, 1.82) is 0 Å². The number of aromatic amines is 1. The Morgan fingerprint density at radius 1 is 1.28 bits per heavy atom. The van der Waals surface area contributed by atoms with E-state index >= 15 is 0 Å². The summed E-state index contributed by atoms with van der Waals surface area (Å²) in [5.41, 5.74) is 4.98. The van der Waals surface area contributed by atoms with Gasteiger partial charge in [-0.1, -0.05) is 50.5 Å². The van der Waals surface area contributed by atoms with E-state index in [0.29, 0.717) is 5.92 Å². The van der Waals surface area contributed by atoms with Crippen LogP contribution in [0, 0.1) is 5.92 Å². The standard InChI is InChI=1S/C22H28N2O/c1-3-5-6-9-15-14-20-21-18(17-10-7-8-11-19(17)23-21)12-13-24(20)22(25)16(15)4-2/h4,7-8,10-11,15,20,23H,3,5-6,9,12-14H2,1-2H3/b16-4+/t15-,20+/m1/s1. The van der Waals surface area contributed by atoms with E-state index in [4.69, 9.17) is 0 Å². The van der Waals surface area contributed by atoms with Crippen LogP contribution < -0.4 is 0 Å². The molecule has 2 aliphatic rings. The maximum atomic E-state index is 13.1. The fourth-order valence-electron chi connectivity index (χ4n) is 4.82. The first-order valence-electron chi connectivity index (χ1n) is 9.81. The molecule has 0 unspecified atom stereocenters. The van der Waals surface area contributed by atoms with Crippen LogP contribution in [0.4, 0.5) is 0 Å². The molecular weight excluding hydrogens is 308 g/mol. The van der Waals surface area contributed by atoms with E-state index in [1.807, 2.05) is 6.92 Å². The molecule has 3 heterocycles. The van der Waals surface area contributed by atoms with Gasteiger partial charge in [-0.25, -0.2) is 0 Å². The van der Waals surface area contributed by atoms with Crippen molar-refractivity contribution in [3.05, 3.63) is 47.2 Å². The molecule has 0 radical (unpaired) electrons. The largest absolute Gasteiger partial charge is 0.356 e. The van der Waals surface area contributed by atoms with Crippen molar-refractivity contribution < 1.29 is 4.79 Å². The molecule has 4 rings (SSSR count). The second kappa shape index (κ2) is 6.70. The van der Waals surface area contributed by atoms with Crippen LogP contribution in [0.25, 0.3) is 10.9 Å². The highest BCUT2D eigenvalue weighted by Gasteiger charge is 2.41. The molecule has 132 valence electrons.